The summed E-state index contributed by atoms with van der Waals surface area (Å²) in [5, 5.41) is 6.16. The molecule has 1 aromatic heterocycles. The van der Waals surface area contributed by atoms with E-state index in [2.05, 4.69) is 15.6 Å². The molecule has 0 aromatic carbocycles. The average molecular weight is 379 g/mol. The van der Waals surface area contributed by atoms with Crippen LogP contribution in [0, 0.1) is 11.8 Å². The molecule has 0 spiro atoms. The number of thiazole rings is 1. The summed E-state index contributed by atoms with van der Waals surface area (Å²) in [5.41, 5.74) is 0.629. The van der Waals surface area contributed by atoms with E-state index in [1.165, 1.54) is 11.3 Å². The van der Waals surface area contributed by atoms with E-state index < -0.39 is 0 Å². The van der Waals surface area contributed by atoms with Gasteiger partial charge in [-0.3, -0.25) is 14.4 Å². The summed E-state index contributed by atoms with van der Waals surface area (Å²) in [5.74, 6) is -0.518. The Morgan fingerprint density at radius 3 is 2.73 bits per heavy atom. The Bertz CT molecular complexity index is 684. The number of amides is 2. The molecule has 8 heteroatoms. The highest BCUT2D eigenvalue weighted by Gasteiger charge is 2.33. The highest BCUT2D eigenvalue weighted by atomic mass is 32.1. The first kappa shape index (κ1) is 19.0. The van der Waals surface area contributed by atoms with Crippen LogP contribution in [0.2, 0.25) is 0 Å². The molecule has 1 saturated carbocycles. The van der Waals surface area contributed by atoms with E-state index in [0.717, 1.165) is 25.7 Å². The van der Waals surface area contributed by atoms with Crippen molar-refractivity contribution in [2.45, 2.75) is 45.4 Å². The van der Waals surface area contributed by atoms with Gasteiger partial charge in [0.25, 0.3) is 0 Å². The van der Waals surface area contributed by atoms with Crippen molar-refractivity contribution < 1.29 is 19.1 Å². The lowest BCUT2D eigenvalue weighted by Gasteiger charge is -2.23. The zero-order valence-electron chi connectivity index (χ0n) is 15.0. The second kappa shape index (κ2) is 8.73. The second-order valence-electron chi connectivity index (χ2n) is 6.78. The third kappa shape index (κ3) is 4.48. The standard InChI is InChI=1S/C18H25N3O4S/c1-2-25-8-4-7-19-16(23)12-9-13-15(14(22)10-12)26-18(20-13)21-17(24)11-5-3-6-11/h11-12H,2-10H2,1H3,(H,19,23)(H,20,21,24)/t12-/m1/s1. The van der Waals surface area contributed by atoms with Gasteiger partial charge in [0, 0.05) is 38.5 Å². The zero-order valence-corrected chi connectivity index (χ0v) is 15.8. The lowest BCUT2D eigenvalue weighted by molar-refractivity contribution is -0.125. The number of anilines is 1. The van der Waals surface area contributed by atoms with Gasteiger partial charge in [0.2, 0.25) is 11.8 Å². The summed E-state index contributed by atoms with van der Waals surface area (Å²) in [6, 6.07) is 0. The molecule has 1 fully saturated rings. The molecule has 7 nitrogen and oxygen atoms in total. The van der Waals surface area contributed by atoms with Crippen LogP contribution in [0.3, 0.4) is 0 Å². The number of carbonyl (C=O) groups is 3. The number of ketones is 1. The molecular formula is C18H25N3O4S. The van der Waals surface area contributed by atoms with Crippen molar-refractivity contribution in [3.63, 3.8) is 0 Å². The number of Topliss-reactive ketones (excluding diaryl/α,β-unsaturated/α-hetero) is 1. The minimum Gasteiger partial charge on any atom is -0.382 e. The monoisotopic (exact) mass is 379 g/mol. The normalized spacial score (nSPS) is 19.6. The number of nitrogens with zero attached hydrogens (tertiary/aromatic N) is 1. The zero-order chi connectivity index (χ0) is 18.5. The predicted octanol–water partition coefficient (Wildman–Crippen LogP) is 2.17. The molecule has 3 rings (SSSR count). The van der Waals surface area contributed by atoms with Crippen molar-refractivity contribution in [1.29, 1.82) is 0 Å². The molecule has 142 valence electrons. The maximum Gasteiger partial charge on any atom is 0.229 e. The molecule has 2 N–H and O–H groups in total. The van der Waals surface area contributed by atoms with E-state index in [-0.39, 0.29) is 35.9 Å². The molecule has 2 aliphatic carbocycles. The second-order valence-corrected chi connectivity index (χ2v) is 7.78. The van der Waals surface area contributed by atoms with Crippen molar-refractivity contribution in [2.24, 2.45) is 11.8 Å². The predicted molar refractivity (Wildman–Crippen MR) is 98.3 cm³/mol. The Hall–Kier alpha value is -1.80. The van der Waals surface area contributed by atoms with E-state index in [0.29, 0.717) is 41.9 Å². The van der Waals surface area contributed by atoms with Crippen LogP contribution in [-0.4, -0.2) is 42.3 Å². The third-order valence-corrected chi connectivity index (χ3v) is 5.92. The summed E-state index contributed by atoms with van der Waals surface area (Å²) < 4.78 is 5.24. The van der Waals surface area contributed by atoms with Crippen LogP contribution >= 0.6 is 11.3 Å². The van der Waals surface area contributed by atoms with Crippen LogP contribution in [0.15, 0.2) is 0 Å². The number of rotatable bonds is 8. The summed E-state index contributed by atoms with van der Waals surface area (Å²) in [6.45, 7) is 3.74. The van der Waals surface area contributed by atoms with Gasteiger partial charge in [0.15, 0.2) is 10.9 Å². The maximum absolute atomic E-state index is 12.4. The third-order valence-electron chi connectivity index (χ3n) is 4.87. The van der Waals surface area contributed by atoms with Gasteiger partial charge in [0.05, 0.1) is 16.5 Å². The molecule has 0 unspecified atom stereocenters. The van der Waals surface area contributed by atoms with E-state index in [1.807, 2.05) is 6.92 Å². The van der Waals surface area contributed by atoms with Crippen molar-refractivity contribution >= 4 is 34.1 Å². The van der Waals surface area contributed by atoms with Gasteiger partial charge in [-0.1, -0.05) is 17.8 Å². The summed E-state index contributed by atoms with van der Waals surface area (Å²) in [6.07, 6.45) is 4.31. The average Bonchev–Trinajstić information content (AvgIpc) is 2.95. The quantitative estimate of drug-likeness (QED) is 0.675. The SMILES string of the molecule is CCOCCCNC(=O)[C@H]1CC(=O)c2sc(NC(=O)C3CCC3)nc2C1. The van der Waals surface area contributed by atoms with Crippen LogP contribution < -0.4 is 10.6 Å². The van der Waals surface area contributed by atoms with Crippen molar-refractivity contribution in [3.8, 4) is 0 Å². The van der Waals surface area contributed by atoms with Crippen LogP contribution in [-0.2, 0) is 20.7 Å². The van der Waals surface area contributed by atoms with Gasteiger partial charge < -0.3 is 15.4 Å². The molecule has 1 aromatic rings. The van der Waals surface area contributed by atoms with E-state index in [1.54, 1.807) is 0 Å². The lowest BCUT2D eigenvalue weighted by atomic mass is 9.85. The van der Waals surface area contributed by atoms with Gasteiger partial charge >= 0.3 is 0 Å². The number of nitrogens with one attached hydrogen (secondary N) is 2. The lowest BCUT2D eigenvalue weighted by Crippen LogP contribution is -2.36. The maximum atomic E-state index is 12.4. The van der Waals surface area contributed by atoms with E-state index >= 15 is 0 Å². The fraction of sp³-hybridized carbons (Fsp3) is 0.667. The Morgan fingerprint density at radius 2 is 2.04 bits per heavy atom. The minimum atomic E-state index is -0.389. The fourth-order valence-corrected chi connectivity index (χ4v) is 4.07. The summed E-state index contributed by atoms with van der Waals surface area (Å²) >= 11 is 1.22. The molecule has 0 radical (unpaired) electrons. The Kier molecular flexibility index (Phi) is 6.37. The summed E-state index contributed by atoms with van der Waals surface area (Å²) in [7, 11) is 0. The number of aromatic nitrogens is 1. The largest absolute Gasteiger partial charge is 0.382 e. The molecular weight excluding hydrogens is 354 g/mol. The molecule has 2 amide bonds. The Morgan fingerprint density at radius 1 is 1.23 bits per heavy atom. The topological polar surface area (TPSA) is 97.4 Å². The Labute approximate surface area is 156 Å². The van der Waals surface area contributed by atoms with Crippen molar-refractivity contribution in [2.75, 3.05) is 25.1 Å². The molecule has 1 atom stereocenters. The highest BCUT2D eigenvalue weighted by molar-refractivity contribution is 7.17. The van der Waals surface area contributed by atoms with Crippen molar-refractivity contribution in [1.82, 2.24) is 10.3 Å². The first-order valence-corrected chi connectivity index (χ1v) is 10.1. The fourth-order valence-electron chi connectivity index (χ4n) is 3.12. The number of hydrogen-bond acceptors (Lipinski definition) is 6. The van der Waals surface area contributed by atoms with Crippen LogP contribution in [0.4, 0.5) is 5.13 Å². The Balaban J connectivity index is 1.54. The van der Waals surface area contributed by atoms with Gasteiger partial charge in [-0.05, 0) is 26.2 Å². The smallest absolute Gasteiger partial charge is 0.229 e. The number of hydrogen-bond donors (Lipinski definition) is 2. The summed E-state index contributed by atoms with van der Waals surface area (Å²) in [4.78, 5) is 41.7. The number of carbonyl (C=O) groups excluding carboxylic acids is 3. The first-order chi connectivity index (χ1) is 12.6. The minimum absolute atomic E-state index is 0.0154. The van der Waals surface area contributed by atoms with Crippen LogP contribution in [0.25, 0.3) is 0 Å². The molecule has 2 aliphatic rings. The van der Waals surface area contributed by atoms with E-state index in [4.69, 9.17) is 4.74 Å². The van der Waals surface area contributed by atoms with Gasteiger partial charge in [0.1, 0.15) is 0 Å². The highest BCUT2D eigenvalue weighted by Crippen LogP contribution is 2.34. The number of ether oxygens (including phenoxy) is 1. The number of fused-ring (bicyclic) bond motifs is 1. The van der Waals surface area contributed by atoms with Gasteiger partial charge in [-0.15, -0.1) is 0 Å². The first-order valence-electron chi connectivity index (χ1n) is 9.27. The van der Waals surface area contributed by atoms with E-state index in [9.17, 15) is 14.4 Å². The molecule has 1 heterocycles. The van der Waals surface area contributed by atoms with Crippen LogP contribution in [0.1, 0.15) is 54.4 Å². The van der Waals surface area contributed by atoms with Gasteiger partial charge in [-0.25, -0.2) is 4.98 Å². The molecule has 0 bridgehead atoms. The molecule has 0 aliphatic heterocycles. The van der Waals surface area contributed by atoms with Crippen LogP contribution in [0.5, 0.6) is 0 Å². The molecule has 0 saturated heterocycles. The van der Waals surface area contributed by atoms with Crippen molar-refractivity contribution in [3.05, 3.63) is 10.6 Å². The molecule has 26 heavy (non-hydrogen) atoms. The van der Waals surface area contributed by atoms with Gasteiger partial charge in [-0.2, -0.15) is 0 Å².